The Morgan fingerprint density at radius 3 is 1.94 bits per heavy atom. The average molecular weight is 466 g/mol. The van der Waals surface area contributed by atoms with Crippen LogP contribution in [0.3, 0.4) is 0 Å². The lowest BCUT2D eigenvalue weighted by atomic mass is 10.1. The minimum absolute atomic E-state index is 0.345. The third kappa shape index (κ3) is 9.01. The fourth-order valence-electron chi connectivity index (χ4n) is 3.40. The first-order valence-corrected chi connectivity index (χ1v) is 13.7. The van der Waals surface area contributed by atoms with Gasteiger partial charge < -0.3 is 9.47 Å². The second kappa shape index (κ2) is 15.2. The molecule has 2 aromatic rings. The molecule has 0 fully saturated rings. The van der Waals surface area contributed by atoms with E-state index in [1.54, 1.807) is 0 Å². The zero-order chi connectivity index (χ0) is 23.9. The normalized spacial score (nSPS) is 11.5. The van der Waals surface area contributed by atoms with Crippen molar-refractivity contribution in [3.63, 3.8) is 0 Å². The van der Waals surface area contributed by atoms with E-state index in [4.69, 9.17) is 9.47 Å². The van der Waals surface area contributed by atoms with Gasteiger partial charge >= 0.3 is 11.9 Å². The third-order valence-electron chi connectivity index (χ3n) is 5.35. The average Bonchev–Trinajstić information content (AvgIpc) is 2.84. The van der Waals surface area contributed by atoms with Crippen LogP contribution in [-0.4, -0.2) is 33.9 Å². The molecule has 0 amide bonds. The van der Waals surface area contributed by atoms with Crippen molar-refractivity contribution in [2.24, 2.45) is 0 Å². The van der Waals surface area contributed by atoms with Gasteiger partial charge in [-0.2, -0.15) is 0 Å². The molecule has 0 N–H and O–H groups in total. The monoisotopic (exact) mass is 465 g/mol. The maximum atomic E-state index is 13.2. The number of ether oxygens (including phenoxy) is 2. The van der Waals surface area contributed by atoms with Crippen molar-refractivity contribution in [3.05, 3.63) is 71.4 Å². The van der Waals surface area contributed by atoms with Gasteiger partial charge in [0.05, 0.1) is 13.2 Å². The smallest absolute Gasteiger partial charge is 0.330 e. The molecule has 2 rings (SSSR count). The van der Waals surface area contributed by atoms with Crippen LogP contribution in [0, 0.1) is 0 Å². The minimum Gasteiger partial charge on any atom is -0.463 e. The SMILES string of the molecule is CCCCOC(=O)/C=C(\C(=O)OCCCC)[Si](c1ccccc1)c1ccc(CCCC)cc1. The second-order valence-electron chi connectivity index (χ2n) is 8.11. The van der Waals surface area contributed by atoms with Crippen LogP contribution in [0.25, 0.3) is 0 Å². The van der Waals surface area contributed by atoms with Gasteiger partial charge in [-0.25, -0.2) is 9.59 Å². The Balaban J connectivity index is 2.45. The van der Waals surface area contributed by atoms with E-state index in [9.17, 15) is 9.59 Å². The van der Waals surface area contributed by atoms with Gasteiger partial charge in [-0.3, -0.25) is 0 Å². The van der Waals surface area contributed by atoms with Gasteiger partial charge in [-0.1, -0.05) is 105 Å². The van der Waals surface area contributed by atoms with Gasteiger partial charge in [0, 0.05) is 11.3 Å². The Morgan fingerprint density at radius 1 is 0.758 bits per heavy atom. The van der Waals surface area contributed by atoms with Crippen molar-refractivity contribution in [3.8, 4) is 0 Å². The molecule has 0 spiro atoms. The van der Waals surface area contributed by atoms with Gasteiger partial charge in [0.1, 0.15) is 0 Å². The molecule has 0 saturated heterocycles. The summed E-state index contributed by atoms with van der Waals surface area (Å²) < 4.78 is 10.9. The molecule has 0 heterocycles. The summed E-state index contributed by atoms with van der Waals surface area (Å²) in [5.74, 6) is -0.910. The van der Waals surface area contributed by atoms with Gasteiger partial charge in [0.15, 0.2) is 8.80 Å². The summed E-state index contributed by atoms with van der Waals surface area (Å²) in [7, 11) is -1.75. The molecule has 2 aromatic carbocycles. The summed E-state index contributed by atoms with van der Waals surface area (Å²) >= 11 is 0. The van der Waals surface area contributed by atoms with Gasteiger partial charge in [-0.05, 0) is 31.2 Å². The number of carbonyl (C=O) groups excluding carboxylic acids is 2. The number of hydrogen-bond acceptors (Lipinski definition) is 4. The van der Waals surface area contributed by atoms with Crippen molar-refractivity contribution in [1.29, 1.82) is 0 Å². The Morgan fingerprint density at radius 2 is 1.33 bits per heavy atom. The lowest BCUT2D eigenvalue weighted by Crippen LogP contribution is -2.47. The molecule has 177 valence electrons. The first-order chi connectivity index (χ1) is 16.1. The first-order valence-electron chi connectivity index (χ1n) is 12.2. The van der Waals surface area contributed by atoms with Gasteiger partial charge in [0.25, 0.3) is 0 Å². The fraction of sp³-hybridized carbons (Fsp3) is 0.429. The lowest BCUT2D eigenvalue weighted by molar-refractivity contribution is -0.141. The highest BCUT2D eigenvalue weighted by molar-refractivity contribution is 6.94. The number of hydrogen-bond donors (Lipinski definition) is 0. The van der Waals surface area contributed by atoms with Crippen molar-refractivity contribution in [2.75, 3.05) is 13.2 Å². The Bertz CT molecular complexity index is 875. The molecule has 0 aliphatic rings. The van der Waals surface area contributed by atoms with E-state index in [-0.39, 0.29) is 0 Å². The number of rotatable bonds is 14. The van der Waals surface area contributed by atoms with E-state index in [0.29, 0.717) is 18.4 Å². The Hall–Kier alpha value is -2.66. The fourth-order valence-corrected chi connectivity index (χ4v) is 5.92. The number of benzene rings is 2. The van der Waals surface area contributed by atoms with Crippen LogP contribution >= 0.6 is 0 Å². The predicted molar refractivity (Wildman–Crippen MR) is 136 cm³/mol. The minimum atomic E-state index is -1.75. The molecule has 0 aliphatic heterocycles. The highest BCUT2D eigenvalue weighted by Crippen LogP contribution is 2.11. The summed E-state index contributed by atoms with van der Waals surface area (Å²) in [6.45, 7) is 6.97. The summed E-state index contributed by atoms with van der Waals surface area (Å²) in [6.07, 6.45) is 8.16. The van der Waals surface area contributed by atoms with Crippen molar-refractivity contribution in [1.82, 2.24) is 0 Å². The maximum absolute atomic E-state index is 13.2. The van der Waals surface area contributed by atoms with Crippen LogP contribution in [0.15, 0.2) is 65.9 Å². The summed E-state index contributed by atoms with van der Waals surface area (Å²) in [5.41, 5.74) is 1.28. The lowest BCUT2D eigenvalue weighted by Gasteiger charge is -2.19. The van der Waals surface area contributed by atoms with Crippen LogP contribution in [0.4, 0.5) is 0 Å². The zero-order valence-corrected chi connectivity index (χ0v) is 21.3. The molecule has 0 saturated carbocycles. The molecule has 0 unspecified atom stereocenters. The summed E-state index contributed by atoms with van der Waals surface area (Å²) in [5, 5.41) is 2.49. The first kappa shape index (κ1) is 26.6. The van der Waals surface area contributed by atoms with E-state index < -0.39 is 20.7 Å². The van der Waals surface area contributed by atoms with Crippen LogP contribution in [0.1, 0.15) is 64.9 Å². The van der Waals surface area contributed by atoms with E-state index >= 15 is 0 Å². The maximum Gasteiger partial charge on any atom is 0.330 e. The van der Waals surface area contributed by atoms with Crippen molar-refractivity contribution >= 4 is 31.1 Å². The molecule has 1 radical (unpaired) electrons. The number of esters is 2. The quantitative estimate of drug-likeness (QED) is 0.174. The van der Waals surface area contributed by atoms with Crippen LogP contribution < -0.4 is 10.4 Å². The largest absolute Gasteiger partial charge is 0.463 e. The predicted octanol–water partition coefficient (Wildman–Crippen LogP) is 4.79. The Kier molecular flexibility index (Phi) is 12.3. The molecule has 0 aliphatic carbocycles. The van der Waals surface area contributed by atoms with E-state index in [1.165, 1.54) is 11.6 Å². The zero-order valence-electron chi connectivity index (χ0n) is 20.3. The highest BCUT2D eigenvalue weighted by atomic mass is 28.3. The molecule has 4 nitrogen and oxygen atoms in total. The molecule has 5 heteroatoms. The summed E-state index contributed by atoms with van der Waals surface area (Å²) in [6, 6.07) is 18.4. The van der Waals surface area contributed by atoms with Crippen molar-refractivity contribution in [2.45, 2.75) is 65.7 Å². The summed E-state index contributed by atoms with van der Waals surface area (Å²) in [4.78, 5) is 25.8. The van der Waals surface area contributed by atoms with E-state index in [0.717, 1.165) is 55.3 Å². The van der Waals surface area contributed by atoms with Gasteiger partial charge in [-0.15, -0.1) is 0 Å². The molecule has 0 bridgehead atoms. The Labute approximate surface area is 200 Å². The van der Waals surface area contributed by atoms with E-state index in [1.807, 2.05) is 37.3 Å². The van der Waals surface area contributed by atoms with Crippen LogP contribution in [-0.2, 0) is 25.5 Å². The molecular formula is C28H37O4Si. The van der Waals surface area contributed by atoms with Crippen molar-refractivity contribution < 1.29 is 19.1 Å². The molecule has 33 heavy (non-hydrogen) atoms. The molecule has 0 atom stereocenters. The number of aryl methyl sites for hydroxylation is 1. The standard InChI is InChI=1S/C28H37O4Si/c1-4-7-13-23-16-18-25(19-17-23)33(24-14-11-10-12-15-24)26(28(30)32-21-9-6-3)22-27(29)31-20-8-5-2/h10-12,14-19,22H,4-9,13,20-21H2,1-3H3/b26-22+. The molecular weight excluding hydrogens is 428 g/mol. The molecule has 0 aromatic heterocycles. The second-order valence-corrected chi connectivity index (χ2v) is 10.6. The highest BCUT2D eigenvalue weighted by Gasteiger charge is 2.29. The third-order valence-corrected chi connectivity index (χ3v) is 8.06. The van der Waals surface area contributed by atoms with E-state index in [2.05, 4.69) is 38.1 Å². The number of unbranched alkanes of at least 4 members (excludes halogenated alkanes) is 3. The van der Waals surface area contributed by atoms with Crippen LogP contribution in [0.2, 0.25) is 0 Å². The van der Waals surface area contributed by atoms with Gasteiger partial charge in [0.2, 0.25) is 0 Å². The number of carbonyl (C=O) groups is 2. The van der Waals surface area contributed by atoms with Crippen LogP contribution in [0.5, 0.6) is 0 Å². The topological polar surface area (TPSA) is 52.6 Å².